The van der Waals surface area contributed by atoms with Crippen LogP contribution in [0.25, 0.3) is 108 Å². The SMILES string of the molecule is c1ccc2c(c1)-c1ccccc1C21c2ccc3ccccc3c2-c2ccc3cc(-c4c5ccccc5c(-c5ccc6sc7ccccc7c6c5)c5ccccc45)ccc3c21. The molecule has 0 atom stereocenters. The average molecular weight is 775 g/mol. The van der Waals surface area contributed by atoms with E-state index in [1.165, 1.54) is 130 Å². The Morgan fingerprint density at radius 3 is 1.52 bits per heavy atom. The first-order valence-corrected chi connectivity index (χ1v) is 21.7. The molecule has 0 bridgehead atoms. The number of benzene rings is 11. The molecule has 60 heavy (non-hydrogen) atoms. The first-order valence-electron chi connectivity index (χ1n) is 20.9. The van der Waals surface area contributed by atoms with Crippen molar-refractivity contribution < 1.29 is 0 Å². The third-order valence-electron chi connectivity index (χ3n) is 13.8. The number of rotatable bonds is 2. The summed E-state index contributed by atoms with van der Waals surface area (Å²) >= 11 is 1.88. The van der Waals surface area contributed by atoms with E-state index in [0.717, 1.165) is 0 Å². The number of thiophene rings is 1. The molecule has 0 unspecified atom stereocenters. The molecule has 11 aromatic carbocycles. The molecule has 0 radical (unpaired) electrons. The zero-order valence-corrected chi connectivity index (χ0v) is 33.4. The van der Waals surface area contributed by atoms with Gasteiger partial charge in [-0.25, -0.2) is 0 Å². The summed E-state index contributed by atoms with van der Waals surface area (Å²) in [5, 5.41) is 12.9. The monoisotopic (exact) mass is 774 g/mol. The van der Waals surface area contributed by atoms with E-state index in [-0.39, 0.29) is 0 Å². The predicted octanol–water partition coefficient (Wildman–Crippen LogP) is 16.3. The van der Waals surface area contributed by atoms with Gasteiger partial charge in [0.1, 0.15) is 0 Å². The van der Waals surface area contributed by atoms with Crippen LogP contribution in [0.2, 0.25) is 0 Å². The van der Waals surface area contributed by atoms with Gasteiger partial charge in [0.05, 0.1) is 5.41 Å². The van der Waals surface area contributed by atoms with Crippen molar-refractivity contribution in [2.24, 2.45) is 0 Å². The largest absolute Gasteiger partial charge is 0.135 e. The molecule has 1 heteroatoms. The van der Waals surface area contributed by atoms with Crippen molar-refractivity contribution in [1.29, 1.82) is 0 Å². The highest BCUT2D eigenvalue weighted by Gasteiger charge is 2.52. The second-order valence-electron chi connectivity index (χ2n) is 16.6. The molecule has 0 aliphatic heterocycles. The van der Waals surface area contributed by atoms with Crippen LogP contribution in [0.3, 0.4) is 0 Å². The van der Waals surface area contributed by atoms with Gasteiger partial charge in [-0.05, 0) is 134 Å². The summed E-state index contributed by atoms with van der Waals surface area (Å²) < 4.78 is 2.66. The van der Waals surface area contributed by atoms with Crippen molar-refractivity contribution in [3.05, 3.63) is 229 Å². The fourth-order valence-corrected chi connectivity index (χ4v) is 12.6. The van der Waals surface area contributed by atoms with Gasteiger partial charge in [0, 0.05) is 20.2 Å². The topological polar surface area (TPSA) is 0 Å². The molecule has 0 saturated carbocycles. The molecule has 0 amide bonds. The van der Waals surface area contributed by atoms with Crippen LogP contribution in [0.5, 0.6) is 0 Å². The smallest absolute Gasteiger partial charge is 0.0731 e. The van der Waals surface area contributed by atoms with E-state index in [1.54, 1.807) is 0 Å². The molecule has 0 nitrogen and oxygen atoms in total. The van der Waals surface area contributed by atoms with Crippen LogP contribution in [-0.4, -0.2) is 0 Å². The predicted molar refractivity (Wildman–Crippen MR) is 257 cm³/mol. The van der Waals surface area contributed by atoms with E-state index >= 15 is 0 Å². The highest BCUT2D eigenvalue weighted by atomic mass is 32.1. The molecular weight excluding hydrogens is 741 g/mol. The Labute approximate surface area is 351 Å². The van der Waals surface area contributed by atoms with Crippen molar-refractivity contribution in [3.8, 4) is 44.5 Å². The van der Waals surface area contributed by atoms with Crippen LogP contribution < -0.4 is 0 Å². The van der Waals surface area contributed by atoms with Gasteiger partial charge < -0.3 is 0 Å². The average Bonchev–Trinajstić information content (AvgIpc) is 3.94. The lowest BCUT2D eigenvalue weighted by Gasteiger charge is -2.31. The van der Waals surface area contributed by atoms with Gasteiger partial charge in [0.25, 0.3) is 0 Å². The summed E-state index contributed by atoms with van der Waals surface area (Å²) in [6.45, 7) is 0. The molecule has 1 aromatic heterocycles. The van der Waals surface area contributed by atoms with Crippen molar-refractivity contribution in [2.75, 3.05) is 0 Å². The maximum Gasteiger partial charge on any atom is 0.0731 e. The Hall–Kier alpha value is -7.32. The molecule has 0 N–H and O–H groups in total. The summed E-state index contributed by atoms with van der Waals surface area (Å²) in [4.78, 5) is 0. The molecule has 0 fully saturated rings. The molecular formula is C59H34S. The number of hydrogen-bond acceptors (Lipinski definition) is 1. The zero-order valence-electron chi connectivity index (χ0n) is 32.5. The lowest BCUT2D eigenvalue weighted by atomic mass is 9.69. The van der Waals surface area contributed by atoms with E-state index < -0.39 is 5.41 Å². The van der Waals surface area contributed by atoms with E-state index in [1.807, 2.05) is 11.3 Å². The Morgan fingerprint density at radius 2 is 0.817 bits per heavy atom. The van der Waals surface area contributed by atoms with Crippen LogP contribution in [-0.2, 0) is 5.41 Å². The van der Waals surface area contributed by atoms with Crippen LogP contribution in [0.15, 0.2) is 206 Å². The number of fused-ring (bicyclic) bond motifs is 19. The Kier molecular flexibility index (Phi) is 6.46. The first-order chi connectivity index (χ1) is 29.8. The molecule has 1 spiro atoms. The molecule has 12 aromatic rings. The van der Waals surface area contributed by atoms with E-state index in [0.29, 0.717) is 0 Å². The van der Waals surface area contributed by atoms with E-state index in [9.17, 15) is 0 Å². The van der Waals surface area contributed by atoms with Crippen LogP contribution in [0, 0.1) is 0 Å². The van der Waals surface area contributed by atoms with Gasteiger partial charge >= 0.3 is 0 Å². The minimum atomic E-state index is -0.432. The maximum absolute atomic E-state index is 2.47. The van der Waals surface area contributed by atoms with Crippen molar-refractivity contribution in [2.45, 2.75) is 5.41 Å². The van der Waals surface area contributed by atoms with Crippen LogP contribution >= 0.6 is 11.3 Å². The fourth-order valence-electron chi connectivity index (χ4n) is 11.5. The minimum absolute atomic E-state index is 0.432. The Morgan fingerprint density at radius 1 is 0.283 bits per heavy atom. The summed E-state index contributed by atoms with van der Waals surface area (Å²) in [6, 6.07) is 78.1. The van der Waals surface area contributed by atoms with Gasteiger partial charge in [-0.3, -0.25) is 0 Å². The molecule has 14 rings (SSSR count). The number of hydrogen-bond donors (Lipinski definition) is 0. The van der Waals surface area contributed by atoms with E-state index in [2.05, 4.69) is 206 Å². The van der Waals surface area contributed by atoms with Gasteiger partial charge in [-0.15, -0.1) is 11.3 Å². The zero-order chi connectivity index (χ0) is 39.1. The lowest BCUT2D eigenvalue weighted by Crippen LogP contribution is -2.26. The lowest BCUT2D eigenvalue weighted by molar-refractivity contribution is 0.802. The normalized spacial score (nSPS) is 13.5. The summed E-state index contributed by atoms with van der Waals surface area (Å²) in [7, 11) is 0. The van der Waals surface area contributed by atoms with Gasteiger partial charge in [0.15, 0.2) is 0 Å². The maximum atomic E-state index is 2.47. The highest BCUT2D eigenvalue weighted by molar-refractivity contribution is 7.25. The molecule has 2 aliphatic rings. The third-order valence-corrected chi connectivity index (χ3v) is 15.0. The van der Waals surface area contributed by atoms with Gasteiger partial charge in [-0.2, -0.15) is 0 Å². The summed E-state index contributed by atoms with van der Waals surface area (Å²) in [5.41, 5.74) is 15.5. The molecule has 276 valence electrons. The fraction of sp³-hybridized carbons (Fsp3) is 0.0169. The molecule has 1 heterocycles. The Balaban J connectivity index is 1.05. The standard InChI is InChI=1S/C59H34S/c1-2-14-39-35(13-1)27-31-52-57(39)48-30-25-36-33-37(26-29-40(36)58(48)59(52)50-22-10-7-15-41(50)42-16-8-11-23-51(42)59)55-44-18-3-5-20-46(44)56(47-21-6-4-19-45(47)55)38-28-32-54-49(34-38)43-17-9-12-24-53(43)60-54/h1-34H. The molecule has 0 saturated heterocycles. The summed E-state index contributed by atoms with van der Waals surface area (Å²) in [6.07, 6.45) is 0. The second-order valence-corrected chi connectivity index (χ2v) is 17.7. The highest BCUT2D eigenvalue weighted by Crippen LogP contribution is 2.65. The quantitative estimate of drug-likeness (QED) is 0.153. The van der Waals surface area contributed by atoms with Crippen molar-refractivity contribution >= 4 is 74.6 Å². The van der Waals surface area contributed by atoms with Crippen LogP contribution in [0.1, 0.15) is 22.3 Å². The van der Waals surface area contributed by atoms with E-state index in [4.69, 9.17) is 0 Å². The first kappa shape index (κ1) is 32.6. The molecule has 2 aliphatic carbocycles. The van der Waals surface area contributed by atoms with Gasteiger partial charge in [0.2, 0.25) is 0 Å². The van der Waals surface area contributed by atoms with Crippen LogP contribution in [0.4, 0.5) is 0 Å². The summed E-state index contributed by atoms with van der Waals surface area (Å²) in [5.74, 6) is 0. The van der Waals surface area contributed by atoms with Crippen molar-refractivity contribution in [1.82, 2.24) is 0 Å². The second kappa shape index (κ2) is 11.9. The minimum Gasteiger partial charge on any atom is -0.135 e. The Bertz CT molecular complexity index is 3740. The third kappa shape index (κ3) is 4.10. The van der Waals surface area contributed by atoms with Crippen molar-refractivity contribution in [3.63, 3.8) is 0 Å². The van der Waals surface area contributed by atoms with Gasteiger partial charge in [-0.1, -0.05) is 182 Å².